The molecule has 0 atom stereocenters. The number of para-hydroxylation sites is 1. The molecule has 0 aliphatic heterocycles. The van der Waals surface area contributed by atoms with Crippen molar-refractivity contribution in [2.75, 3.05) is 0 Å². The fourth-order valence-corrected chi connectivity index (χ4v) is 5.45. The van der Waals surface area contributed by atoms with Gasteiger partial charge in [0.25, 0.3) is 0 Å². The number of hydrogen-bond donors (Lipinski definition) is 0. The third-order valence-corrected chi connectivity index (χ3v) is 7.26. The van der Waals surface area contributed by atoms with E-state index in [1.165, 1.54) is 0 Å². The van der Waals surface area contributed by atoms with E-state index in [0.29, 0.717) is 0 Å². The smallest absolute Gasteiger partial charge is 0.147 e. The maximum atomic E-state index is 5.21. The van der Waals surface area contributed by atoms with E-state index in [4.69, 9.17) is 9.97 Å². The topological polar surface area (TPSA) is 61.4 Å². The van der Waals surface area contributed by atoms with Crippen molar-refractivity contribution >= 4 is 33.0 Å². The molecule has 40 heavy (non-hydrogen) atoms. The van der Waals surface area contributed by atoms with E-state index in [-0.39, 0.29) is 0 Å². The number of hydrogen-bond acceptors (Lipinski definition) is 4. The normalized spacial score (nSPS) is 11.5. The molecule has 5 aromatic heterocycles. The molecule has 0 bridgehead atoms. The molecule has 0 radical (unpaired) electrons. The summed E-state index contributed by atoms with van der Waals surface area (Å²) in [5, 5.41) is 2.24. The number of benzene rings is 3. The van der Waals surface area contributed by atoms with Crippen LogP contribution in [-0.4, -0.2) is 29.1 Å². The van der Waals surface area contributed by atoms with E-state index in [2.05, 4.69) is 85.8 Å². The van der Waals surface area contributed by atoms with Crippen molar-refractivity contribution in [1.29, 1.82) is 0 Å². The average molecular weight is 515 g/mol. The minimum absolute atomic E-state index is 0.819. The van der Waals surface area contributed by atoms with E-state index >= 15 is 0 Å². The molecular weight excluding hydrogens is 492 g/mol. The second-order valence-electron chi connectivity index (χ2n) is 9.64. The van der Waals surface area contributed by atoms with Gasteiger partial charge in [-0.05, 0) is 54.6 Å². The summed E-state index contributed by atoms with van der Waals surface area (Å²) in [6.45, 7) is 0. The fraction of sp³-hybridized carbons (Fsp3) is 0. The summed E-state index contributed by atoms with van der Waals surface area (Å²) in [4.78, 5) is 19.5. The molecule has 5 heterocycles. The van der Waals surface area contributed by atoms with Crippen molar-refractivity contribution in [3.05, 3.63) is 134 Å². The average Bonchev–Trinajstić information content (AvgIpc) is 3.58. The molecule has 3 aromatic carbocycles. The molecule has 0 N–H and O–H groups in total. The van der Waals surface area contributed by atoms with Crippen molar-refractivity contribution in [2.45, 2.75) is 0 Å². The molecule has 0 saturated carbocycles. The molecule has 188 valence electrons. The predicted molar refractivity (Wildman–Crippen MR) is 160 cm³/mol. The lowest BCUT2D eigenvalue weighted by Crippen LogP contribution is -2.00. The van der Waals surface area contributed by atoms with Crippen molar-refractivity contribution in [2.24, 2.45) is 0 Å². The van der Waals surface area contributed by atoms with E-state index in [1.807, 2.05) is 67.0 Å². The van der Waals surface area contributed by atoms with Gasteiger partial charge in [0.05, 0.1) is 22.2 Å². The lowest BCUT2D eigenvalue weighted by atomic mass is 10.1. The Morgan fingerprint density at radius 3 is 1.98 bits per heavy atom. The second kappa shape index (κ2) is 8.99. The SMILES string of the molecule is c1ccc(-c2nc3ccc(-c4ccc5c6ccccc6n(-c6ccccn6)c5n4)cc3n2-c2ccccn2)cc1. The van der Waals surface area contributed by atoms with Gasteiger partial charge in [0.15, 0.2) is 0 Å². The fourth-order valence-electron chi connectivity index (χ4n) is 5.45. The lowest BCUT2D eigenvalue weighted by molar-refractivity contribution is 1.03. The molecule has 6 heteroatoms. The Labute approximate surface area is 229 Å². The highest BCUT2D eigenvalue weighted by Gasteiger charge is 2.18. The zero-order chi connectivity index (χ0) is 26.5. The Kier molecular flexibility index (Phi) is 5.03. The molecular formula is C34H22N6. The summed E-state index contributed by atoms with van der Waals surface area (Å²) in [6, 6.07) is 41.1. The second-order valence-corrected chi connectivity index (χ2v) is 9.64. The summed E-state index contributed by atoms with van der Waals surface area (Å²) < 4.78 is 4.26. The number of nitrogens with zero attached hydrogens (tertiary/aromatic N) is 6. The summed E-state index contributed by atoms with van der Waals surface area (Å²) in [5.74, 6) is 2.51. The Balaban J connectivity index is 1.37. The Hall–Kier alpha value is -5.62. The van der Waals surface area contributed by atoms with Crippen LogP contribution < -0.4 is 0 Å². The number of rotatable bonds is 4. The zero-order valence-electron chi connectivity index (χ0n) is 21.4. The van der Waals surface area contributed by atoms with Crippen LogP contribution in [0.15, 0.2) is 134 Å². The molecule has 6 nitrogen and oxygen atoms in total. The molecule has 0 saturated heterocycles. The monoisotopic (exact) mass is 514 g/mol. The van der Waals surface area contributed by atoms with Crippen molar-refractivity contribution < 1.29 is 0 Å². The first-order valence-electron chi connectivity index (χ1n) is 13.2. The minimum atomic E-state index is 0.819. The maximum absolute atomic E-state index is 5.21. The van der Waals surface area contributed by atoms with Crippen molar-refractivity contribution in [3.8, 4) is 34.3 Å². The molecule has 0 spiro atoms. The van der Waals surface area contributed by atoms with Crippen LogP contribution >= 0.6 is 0 Å². The van der Waals surface area contributed by atoms with Gasteiger partial charge in [0.2, 0.25) is 0 Å². The number of aromatic nitrogens is 6. The van der Waals surface area contributed by atoms with E-state index in [9.17, 15) is 0 Å². The summed E-state index contributed by atoms with van der Waals surface area (Å²) in [5.41, 5.74) is 6.75. The molecule has 0 aliphatic rings. The van der Waals surface area contributed by atoms with Gasteiger partial charge in [-0.2, -0.15) is 0 Å². The van der Waals surface area contributed by atoms with Crippen LogP contribution in [0.25, 0.3) is 67.3 Å². The van der Waals surface area contributed by atoms with Crippen molar-refractivity contribution in [3.63, 3.8) is 0 Å². The van der Waals surface area contributed by atoms with E-state index in [1.54, 1.807) is 0 Å². The first-order chi connectivity index (χ1) is 19.8. The minimum Gasteiger partial charge on any atom is -0.278 e. The van der Waals surface area contributed by atoms with Crippen LogP contribution in [0, 0.1) is 0 Å². The van der Waals surface area contributed by atoms with Gasteiger partial charge in [-0.1, -0.05) is 66.7 Å². The third-order valence-electron chi connectivity index (χ3n) is 7.26. The first kappa shape index (κ1) is 22.4. The van der Waals surface area contributed by atoms with Crippen LogP contribution in [0.2, 0.25) is 0 Å². The maximum Gasteiger partial charge on any atom is 0.147 e. The number of pyridine rings is 3. The van der Waals surface area contributed by atoms with Crippen LogP contribution in [-0.2, 0) is 0 Å². The van der Waals surface area contributed by atoms with Gasteiger partial charge in [0, 0.05) is 34.3 Å². The highest BCUT2D eigenvalue weighted by Crippen LogP contribution is 2.34. The standard InChI is InChI=1S/C34H22N6/c1-2-10-23(11-3-1)33-38-28-18-16-24(22-30(28)40(33)32-15-7-9-21-36-32)27-19-17-26-25-12-4-5-13-29(25)39(34(26)37-27)31-14-6-8-20-35-31/h1-22H. The largest absolute Gasteiger partial charge is 0.278 e. The number of imidazole rings is 1. The lowest BCUT2D eigenvalue weighted by Gasteiger charge is -2.09. The Bertz CT molecular complexity index is 2150. The Morgan fingerprint density at radius 1 is 0.475 bits per heavy atom. The van der Waals surface area contributed by atoms with E-state index < -0.39 is 0 Å². The molecule has 0 aliphatic carbocycles. The van der Waals surface area contributed by atoms with E-state index in [0.717, 1.165) is 67.3 Å². The van der Waals surface area contributed by atoms with Crippen molar-refractivity contribution in [1.82, 2.24) is 29.1 Å². The zero-order valence-corrected chi connectivity index (χ0v) is 21.4. The molecule has 0 unspecified atom stereocenters. The molecule has 8 rings (SSSR count). The Morgan fingerprint density at radius 2 is 1.20 bits per heavy atom. The van der Waals surface area contributed by atoms with Crippen LogP contribution in [0.5, 0.6) is 0 Å². The van der Waals surface area contributed by atoms with Gasteiger partial charge < -0.3 is 0 Å². The van der Waals surface area contributed by atoms with Gasteiger partial charge in [-0.3, -0.25) is 9.13 Å². The van der Waals surface area contributed by atoms with Crippen LogP contribution in [0.4, 0.5) is 0 Å². The quantitative estimate of drug-likeness (QED) is 0.242. The van der Waals surface area contributed by atoms with Crippen LogP contribution in [0.3, 0.4) is 0 Å². The molecule has 0 fully saturated rings. The summed E-state index contributed by atoms with van der Waals surface area (Å²) in [7, 11) is 0. The van der Waals surface area contributed by atoms with Crippen LogP contribution in [0.1, 0.15) is 0 Å². The first-order valence-corrected chi connectivity index (χ1v) is 13.2. The van der Waals surface area contributed by atoms with Gasteiger partial charge >= 0.3 is 0 Å². The number of fused-ring (bicyclic) bond motifs is 4. The summed E-state index contributed by atoms with van der Waals surface area (Å²) >= 11 is 0. The highest BCUT2D eigenvalue weighted by atomic mass is 15.1. The van der Waals surface area contributed by atoms with Gasteiger partial charge in [-0.25, -0.2) is 19.9 Å². The van der Waals surface area contributed by atoms with Gasteiger partial charge in [-0.15, -0.1) is 0 Å². The predicted octanol–water partition coefficient (Wildman–Crippen LogP) is 7.64. The molecule has 8 aromatic rings. The molecule has 0 amide bonds. The third kappa shape index (κ3) is 3.50. The summed E-state index contributed by atoms with van der Waals surface area (Å²) in [6.07, 6.45) is 3.63. The highest BCUT2D eigenvalue weighted by molar-refractivity contribution is 6.08. The van der Waals surface area contributed by atoms with Gasteiger partial charge in [0.1, 0.15) is 23.1 Å².